The molecule has 0 aliphatic carbocycles. The Hall–Kier alpha value is -1.85. The number of nitrogens with one attached hydrogen (secondary N) is 1. The van der Waals surface area contributed by atoms with Crippen LogP contribution in [0, 0.1) is 6.92 Å². The smallest absolute Gasteiger partial charge is 0.293 e. The van der Waals surface area contributed by atoms with Crippen LogP contribution in [0.25, 0.3) is 11.0 Å². The molecule has 2 aromatic heterocycles. The van der Waals surface area contributed by atoms with Gasteiger partial charge in [-0.1, -0.05) is 6.92 Å². The van der Waals surface area contributed by atoms with Gasteiger partial charge in [0.1, 0.15) is 11.3 Å². The first-order valence-corrected chi connectivity index (χ1v) is 5.22. The summed E-state index contributed by atoms with van der Waals surface area (Å²) in [5.41, 5.74) is 0.0818. The lowest BCUT2D eigenvalue weighted by Gasteiger charge is -2.09. The molecule has 0 radical (unpaired) electrons. The van der Waals surface area contributed by atoms with E-state index in [0.29, 0.717) is 12.4 Å². The van der Waals surface area contributed by atoms with Gasteiger partial charge in [-0.3, -0.25) is 9.59 Å². The number of aromatic nitrogens is 4. The first-order chi connectivity index (χ1) is 7.56. The third kappa shape index (κ3) is 1.37. The molecule has 1 N–H and O–H groups in total. The van der Waals surface area contributed by atoms with Gasteiger partial charge in [-0.25, -0.2) is 14.3 Å². The predicted molar refractivity (Wildman–Crippen MR) is 60.6 cm³/mol. The van der Waals surface area contributed by atoms with Crippen molar-refractivity contribution in [3.05, 3.63) is 26.5 Å². The van der Waals surface area contributed by atoms with Crippen LogP contribution in [0.1, 0.15) is 19.2 Å². The summed E-state index contributed by atoms with van der Waals surface area (Å²) in [6.07, 6.45) is 0.794. The van der Waals surface area contributed by atoms with Gasteiger partial charge in [-0.05, 0) is 13.3 Å². The van der Waals surface area contributed by atoms with Gasteiger partial charge in [0, 0.05) is 13.6 Å². The van der Waals surface area contributed by atoms with Crippen molar-refractivity contribution >= 4 is 11.0 Å². The van der Waals surface area contributed by atoms with Crippen LogP contribution < -0.4 is 11.1 Å². The summed E-state index contributed by atoms with van der Waals surface area (Å²) < 4.78 is 2.76. The van der Waals surface area contributed by atoms with E-state index in [1.54, 1.807) is 14.0 Å². The summed E-state index contributed by atoms with van der Waals surface area (Å²) in [5.74, 6) is 0.582. The highest BCUT2D eigenvalue weighted by Gasteiger charge is 2.13. The number of imidazole rings is 1. The van der Waals surface area contributed by atoms with Crippen molar-refractivity contribution in [1.82, 2.24) is 19.3 Å². The molecule has 0 amide bonds. The zero-order chi connectivity index (χ0) is 11.9. The largest absolute Gasteiger partial charge is 0.337 e. The maximum absolute atomic E-state index is 12.0. The number of hydrogen-bond acceptors (Lipinski definition) is 3. The van der Waals surface area contributed by atoms with Crippen LogP contribution in [0.2, 0.25) is 0 Å². The average Bonchev–Trinajstić information content (AvgIpc) is 2.64. The molecular formula is C10H14N4O2. The van der Waals surface area contributed by atoms with E-state index >= 15 is 0 Å². The van der Waals surface area contributed by atoms with E-state index in [2.05, 4.69) is 9.97 Å². The highest BCUT2D eigenvalue weighted by atomic mass is 16.2. The Morgan fingerprint density at radius 2 is 2.00 bits per heavy atom. The van der Waals surface area contributed by atoms with Crippen LogP contribution in [-0.4, -0.2) is 19.3 Å². The molecule has 6 nitrogen and oxygen atoms in total. The Bertz CT molecular complexity index is 647. The molecule has 0 bridgehead atoms. The number of aryl methyl sites for hydroxylation is 1. The molecule has 2 aromatic rings. The Labute approximate surface area is 91.5 Å². The second-order valence-corrected chi connectivity index (χ2v) is 3.80. The molecule has 0 aromatic carbocycles. The molecular weight excluding hydrogens is 208 g/mol. The zero-order valence-electron chi connectivity index (χ0n) is 9.57. The summed E-state index contributed by atoms with van der Waals surface area (Å²) in [5, 5.41) is 0. The molecule has 0 saturated carbocycles. The van der Waals surface area contributed by atoms with E-state index in [1.165, 1.54) is 9.36 Å². The van der Waals surface area contributed by atoms with Gasteiger partial charge in [0.25, 0.3) is 11.1 Å². The minimum absolute atomic E-state index is 0.219. The number of H-pyrrole nitrogens is 1. The van der Waals surface area contributed by atoms with Crippen LogP contribution in [0.15, 0.2) is 9.59 Å². The van der Waals surface area contributed by atoms with Gasteiger partial charge in [0.05, 0.1) is 0 Å². The van der Waals surface area contributed by atoms with Gasteiger partial charge in [0.15, 0.2) is 5.52 Å². The van der Waals surface area contributed by atoms with Crippen molar-refractivity contribution in [2.75, 3.05) is 0 Å². The number of hydrogen-bond donors (Lipinski definition) is 1. The molecule has 0 saturated heterocycles. The number of rotatable bonds is 2. The number of fused-ring (bicyclic) bond motifs is 1. The van der Waals surface area contributed by atoms with E-state index in [9.17, 15) is 9.59 Å². The van der Waals surface area contributed by atoms with Gasteiger partial charge in [-0.15, -0.1) is 0 Å². The maximum Gasteiger partial charge on any atom is 0.293 e. The topological polar surface area (TPSA) is 72.7 Å². The molecule has 0 spiro atoms. The summed E-state index contributed by atoms with van der Waals surface area (Å²) in [7, 11) is 1.59. The molecule has 0 aliphatic rings. The van der Waals surface area contributed by atoms with Crippen LogP contribution in [-0.2, 0) is 13.6 Å². The first-order valence-electron chi connectivity index (χ1n) is 5.22. The predicted octanol–water partition coefficient (Wildman–Crippen LogP) is 0.142. The fourth-order valence-electron chi connectivity index (χ4n) is 1.79. The minimum Gasteiger partial charge on any atom is -0.337 e. The van der Waals surface area contributed by atoms with Crippen LogP contribution in [0.4, 0.5) is 0 Å². The van der Waals surface area contributed by atoms with E-state index in [0.717, 1.165) is 6.42 Å². The highest BCUT2D eigenvalue weighted by Crippen LogP contribution is 2.00. The normalized spacial score (nSPS) is 11.2. The van der Waals surface area contributed by atoms with Crippen LogP contribution >= 0.6 is 0 Å². The fraction of sp³-hybridized carbons (Fsp3) is 0.500. The lowest BCUT2D eigenvalue weighted by Crippen LogP contribution is -2.37. The quantitative estimate of drug-likeness (QED) is 0.785. The Balaban J connectivity index is 2.94. The monoisotopic (exact) mass is 222 g/mol. The Morgan fingerprint density at radius 1 is 1.31 bits per heavy atom. The summed E-state index contributed by atoms with van der Waals surface area (Å²) in [6.45, 7) is 4.20. The molecule has 0 unspecified atom stereocenters. The number of nitrogens with zero attached hydrogens (tertiary/aromatic N) is 3. The van der Waals surface area contributed by atoms with E-state index in [4.69, 9.17) is 0 Å². The molecule has 0 atom stereocenters. The minimum atomic E-state index is -0.219. The van der Waals surface area contributed by atoms with Gasteiger partial charge in [0.2, 0.25) is 0 Å². The molecule has 0 fully saturated rings. The molecule has 2 rings (SSSR count). The average molecular weight is 222 g/mol. The van der Waals surface area contributed by atoms with Crippen LogP contribution in [0.3, 0.4) is 0 Å². The second-order valence-electron chi connectivity index (χ2n) is 3.80. The molecule has 86 valence electrons. The van der Waals surface area contributed by atoms with Gasteiger partial charge >= 0.3 is 0 Å². The maximum atomic E-state index is 12.0. The Kier molecular flexibility index (Phi) is 2.41. The zero-order valence-corrected chi connectivity index (χ0v) is 9.57. The highest BCUT2D eigenvalue weighted by molar-refractivity contribution is 5.72. The fourth-order valence-corrected chi connectivity index (χ4v) is 1.79. The lowest BCUT2D eigenvalue weighted by atomic mass is 10.4. The Morgan fingerprint density at radius 3 is 2.62 bits per heavy atom. The van der Waals surface area contributed by atoms with Crippen molar-refractivity contribution < 1.29 is 0 Å². The molecule has 0 aliphatic heterocycles. The van der Waals surface area contributed by atoms with Crippen molar-refractivity contribution in [2.24, 2.45) is 7.05 Å². The summed E-state index contributed by atoms with van der Waals surface area (Å²) in [6, 6.07) is 0. The standard InChI is InChI=1S/C10H14N4O2/c1-4-5-14-10(16)8-7(9(15)13(14)3)11-6(2)12-8/h4-5H2,1-3H3,(H,11,12). The van der Waals surface area contributed by atoms with Gasteiger partial charge in [-0.2, -0.15) is 0 Å². The van der Waals surface area contributed by atoms with Crippen LogP contribution in [0.5, 0.6) is 0 Å². The van der Waals surface area contributed by atoms with Crippen molar-refractivity contribution in [3.8, 4) is 0 Å². The third-order valence-corrected chi connectivity index (χ3v) is 2.56. The third-order valence-electron chi connectivity index (χ3n) is 2.56. The molecule has 2 heterocycles. The summed E-state index contributed by atoms with van der Waals surface area (Å²) in [4.78, 5) is 30.8. The molecule has 6 heteroatoms. The van der Waals surface area contributed by atoms with Gasteiger partial charge < -0.3 is 4.98 Å². The van der Waals surface area contributed by atoms with E-state index in [1.807, 2.05) is 6.92 Å². The second kappa shape index (κ2) is 3.62. The number of aromatic amines is 1. The van der Waals surface area contributed by atoms with Crippen molar-refractivity contribution in [2.45, 2.75) is 26.8 Å². The van der Waals surface area contributed by atoms with E-state index < -0.39 is 0 Å². The van der Waals surface area contributed by atoms with E-state index in [-0.39, 0.29) is 22.2 Å². The van der Waals surface area contributed by atoms with Crippen molar-refractivity contribution in [3.63, 3.8) is 0 Å². The molecule has 16 heavy (non-hydrogen) atoms. The SMILES string of the molecule is CCCn1c(=O)c2nc(C)[nH]c2c(=O)n1C. The lowest BCUT2D eigenvalue weighted by molar-refractivity contribution is 0.463. The first kappa shape index (κ1) is 10.7. The summed E-state index contributed by atoms with van der Waals surface area (Å²) >= 11 is 0. The van der Waals surface area contributed by atoms with Crippen molar-refractivity contribution in [1.29, 1.82) is 0 Å².